The fourth-order valence-electron chi connectivity index (χ4n) is 1.50. The molecule has 1 N–H and O–H groups in total. The van der Waals surface area contributed by atoms with Crippen LogP contribution in [0.5, 0.6) is 0 Å². The van der Waals surface area contributed by atoms with Crippen molar-refractivity contribution >= 4 is 17.2 Å². The molecular formula is C12H14N2O2S. The van der Waals surface area contributed by atoms with E-state index in [1.807, 2.05) is 17.5 Å². The van der Waals surface area contributed by atoms with Gasteiger partial charge in [-0.3, -0.25) is 4.79 Å². The van der Waals surface area contributed by atoms with Crippen molar-refractivity contribution in [2.75, 3.05) is 6.54 Å². The average Bonchev–Trinajstić information content (AvgIpc) is 2.96. The number of nitrogens with one attached hydrogen (secondary N) is 1. The molecule has 0 aliphatic carbocycles. The number of carbonyl (C=O) groups is 1. The van der Waals surface area contributed by atoms with Crippen LogP contribution < -0.4 is 5.32 Å². The maximum absolute atomic E-state index is 11.5. The topological polar surface area (TPSA) is 55.1 Å². The van der Waals surface area contributed by atoms with E-state index in [0.29, 0.717) is 13.0 Å². The van der Waals surface area contributed by atoms with Gasteiger partial charge >= 0.3 is 0 Å². The molecule has 0 atom stereocenters. The lowest BCUT2D eigenvalue weighted by Crippen LogP contribution is -2.26. The van der Waals surface area contributed by atoms with Gasteiger partial charge in [-0.1, -0.05) is 11.2 Å². The van der Waals surface area contributed by atoms with Gasteiger partial charge in [0.1, 0.15) is 6.26 Å². The van der Waals surface area contributed by atoms with Crippen LogP contribution in [-0.4, -0.2) is 17.6 Å². The van der Waals surface area contributed by atoms with Crippen molar-refractivity contribution in [2.45, 2.75) is 19.3 Å². The number of carbonyl (C=O) groups excluding carboxylic acids is 1. The van der Waals surface area contributed by atoms with Gasteiger partial charge in [0.2, 0.25) is 5.91 Å². The molecule has 1 amide bonds. The Morgan fingerprint density at radius 2 is 2.47 bits per heavy atom. The summed E-state index contributed by atoms with van der Waals surface area (Å²) in [6, 6.07) is 3.93. The minimum absolute atomic E-state index is 0.0813. The second-order valence-corrected chi connectivity index (χ2v) is 4.77. The molecule has 0 saturated carbocycles. The van der Waals surface area contributed by atoms with Gasteiger partial charge in [0.25, 0.3) is 0 Å². The predicted molar refractivity (Wildman–Crippen MR) is 65.9 cm³/mol. The fourth-order valence-corrected chi connectivity index (χ4v) is 2.21. The van der Waals surface area contributed by atoms with Crippen molar-refractivity contribution in [3.8, 4) is 0 Å². The zero-order chi connectivity index (χ0) is 11.9. The van der Waals surface area contributed by atoms with Gasteiger partial charge in [-0.05, 0) is 24.3 Å². The molecule has 2 rings (SSSR count). The Morgan fingerprint density at radius 1 is 1.53 bits per heavy atom. The molecule has 0 fully saturated rings. The molecule has 0 aliphatic rings. The summed E-state index contributed by atoms with van der Waals surface area (Å²) in [5.74, 6) is 0.0813. The smallest absolute Gasteiger partial charge is 0.225 e. The monoisotopic (exact) mass is 250 g/mol. The molecule has 0 aliphatic heterocycles. The molecule has 2 aromatic heterocycles. The first kappa shape index (κ1) is 11.9. The quantitative estimate of drug-likeness (QED) is 0.798. The van der Waals surface area contributed by atoms with Crippen molar-refractivity contribution in [3.05, 3.63) is 40.4 Å². The molecule has 0 spiro atoms. The number of hydrogen-bond acceptors (Lipinski definition) is 4. The Balaban J connectivity index is 1.60. The standard InChI is InChI=1S/C12H14N2O2S/c15-12(7-11-4-2-6-17-11)13-5-1-3-10-8-14-16-9-10/h2,4,6,8-9H,1,3,5,7H2,(H,13,15). The van der Waals surface area contributed by atoms with Crippen molar-refractivity contribution in [3.63, 3.8) is 0 Å². The SMILES string of the molecule is O=C(Cc1cccs1)NCCCc1cnoc1. The number of hydrogen-bond donors (Lipinski definition) is 1. The molecule has 0 bridgehead atoms. The average molecular weight is 250 g/mol. The van der Waals surface area contributed by atoms with Crippen molar-refractivity contribution in [1.82, 2.24) is 10.5 Å². The summed E-state index contributed by atoms with van der Waals surface area (Å²) in [4.78, 5) is 12.6. The second-order valence-electron chi connectivity index (χ2n) is 3.74. The fraction of sp³-hybridized carbons (Fsp3) is 0.333. The third-order valence-electron chi connectivity index (χ3n) is 2.36. The molecule has 4 nitrogen and oxygen atoms in total. The zero-order valence-electron chi connectivity index (χ0n) is 9.39. The molecule has 5 heteroatoms. The van der Waals surface area contributed by atoms with E-state index in [4.69, 9.17) is 4.52 Å². The van der Waals surface area contributed by atoms with Crippen LogP contribution in [0, 0.1) is 0 Å². The maximum Gasteiger partial charge on any atom is 0.225 e. The summed E-state index contributed by atoms with van der Waals surface area (Å²) in [5.41, 5.74) is 1.07. The number of thiophene rings is 1. The first-order chi connectivity index (χ1) is 8.34. The van der Waals surface area contributed by atoms with E-state index in [1.165, 1.54) is 0 Å². The third-order valence-corrected chi connectivity index (χ3v) is 3.24. The van der Waals surface area contributed by atoms with E-state index in [1.54, 1.807) is 23.8 Å². The Hall–Kier alpha value is -1.62. The molecule has 2 heterocycles. The third kappa shape index (κ3) is 4.03. The van der Waals surface area contributed by atoms with Crippen LogP contribution in [0.2, 0.25) is 0 Å². The summed E-state index contributed by atoms with van der Waals surface area (Å²) in [6.07, 6.45) is 5.59. The summed E-state index contributed by atoms with van der Waals surface area (Å²) >= 11 is 1.61. The van der Waals surface area contributed by atoms with E-state index in [2.05, 4.69) is 10.5 Å². The number of aromatic nitrogens is 1. The molecule has 0 radical (unpaired) electrons. The highest BCUT2D eigenvalue weighted by molar-refractivity contribution is 7.10. The van der Waals surface area contributed by atoms with Crippen molar-refractivity contribution < 1.29 is 9.32 Å². The lowest BCUT2D eigenvalue weighted by Gasteiger charge is -2.02. The molecule has 0 saturated heterocycles. The summed E-state index contributed by atoms with van der Waals surface area (Å²) < 4.78 is 4.73. The van der Waals surface area contributed by atoms with E-state index >= 15 is 0 Å². The van der Waals surface area contributed by atoms with Crippen LogP contribution in [0.1, 0.15) is 16.9 Å². The Labute approximate surface area is 104 Å². The van der Waals surface area contributed by atoms with Crippen LogP contribution in [0.4, 0.5) is 0 Å². The number of nitrogens with zero attached hydrogens (tertiary/aromatic N) is 1. The van der Waals surface area contributed by atoms with Crippen LogP contribution in [-0.2, 0) is 17.6 Å². The lowest BCUT2D eigenvalue weighted by molar-refractivity contribution is -0.120. The summed E-state index contributed by atoms with van der Waals surface area (Å²) in [6.45, 7) is 0.690. The van der Waals surface area contributed by atoms with Crippen molar-refractivity contribution in [1.29, 1.82) is 0 Å². The predicted octanol–water partition coefficient (Wildman–Crippen LogP) is 2.03. The van der Waals surface area contributed by atoms with E-state index in [0.717, 1.165) is 23.3 Å². The second kappa shape index (κ2) is 6.20. The molecular weight excluding hydrogens is 236 g/mol. The highest BCUT2D eigenvalue weighted by Gasteiger charge is 2.03. The first-order valence-corrected chi connectivity index (χ1v) is 6.40. The highest BCUT2D eigenvalue weighted by Crippen LogP contribution is 2.08. The number of rotatable bonds is 6. The van der Waals surface area contributed by atoms with E-state index < -0.39 is 0 Å². The molecule has 2 aromatic rings. The molecule has 17 heavy (non-hydrogen) atoms. The highest BCUT2D eigenvalue weighted by atomic mass is 32.1. The summed E-state index contributed by atoms with van der Waals surface area (Å²) in [5, 5.41) is 8.51. The summed E-state index contributed by atoms with van der Waals surface area (Å²) in [7, 11) is 0. The van der Waals surface area contributed by atoms with Crippen LogP contribution in [0.25, 0.3) is 0 Å². The lowest BCUT2D eigenvalue weighted by atomic mass is 10.2. The Kier molecular flexibility index (Phi) is 4.32. The zero-order valence-corrected chi connectivity index (χ0v) is 10.2. The normalized spacial score (nSPS) is 10.4. The van der Waals surface area contributed by atoms with Crippen LogP contribution >= 0.6 is 11.3 Å². The minimum atomic E-state index is 0.0813. The Bertz CT molecular complexity index is 437. The van der Waals surface area contributed by atoms with Gasteiger partial charge in [-0.15, -0.1) is 11.3 Å². The Morgan fingerprint density at radius 3 is 3.18 bits per heavy atom. The van der Waals surface area contributed by atoms with Gasteiger partial charge in [-0.2, -0.15) is 0 Å². The molecule has 0 aromatic carbocycles. The van der Waals surface area contributed by atoms with Gasteiger partial charge in [0, 0.05) is 17.0 Å². The maximum atomic E-state index is 11.5. The van der Waals surface area contributed by atoms with Crippen LogP contribution in [0.3, 0.4) is 0 Å². The molecule has 90 valence electrons. The first-order valence-electron chi connectivity index (χ1n) is 5.52. The van der Waals surface area contributed by atoms with Gasteiger partial charge in [0.15, 0.2) is 0 Å². The minimum Gasteiger partial charge on any atom is -0.364 e. The van der Waals surface area contributed by atoms with Gasteiger partial charge in [-0.25, -0.2) is 0 Å². The van der Waals surface area contributed by atoms with Crippen molar-refractivity contribution in [2.24, 2.45) is 0 Å². The molecule has 0 unspecified atom stereocenters. The van der Waals surface area contributed by atoms with Gasteiger partial charge < -0.3 is 9.84 Å². The number of amides is 1. The number of aryl methyl sites for hydroxylation is 1. The largest absolute Gasteiger partial charge is 0.364 e. The van der Waals surface area contributed by atoms with Crippen LogP contribution in [0.15, 0.2) is 34.5 Å². The van der Waals surface area contributed by atoms with E-state index in [9.17, 15) is 4.79 Å². The van der Waals surface area contributed by atoms with Gasteiger partial charge in [0.05, 0.1) is 12.6 Å². The van der Waals surface area contributed by atoms with E-state index in [-0.39, 0.29) is 5.91 Å².